The molecule has 1 fully saturated rings. The van der Waals surface area contributed by atoms with Gasteiger partial charge in [-0.3, -0.25) is 9.78 Å². The van der Waals surface area contributed by atoms with E-state index in [9.17, 15) is 4.79 Å². The normalized spacial score (nSPS) is 16.2. The van der Waals surface area contributed by atoms with E-state index >= 15 is 0 Å². The minimum Gasteiger partial charge on any atom is -0.396 e. The molecular weight excluding hydrogens is 246 g/mol. The quantitative estimate of drug-likeness (QED) is 0.873. The van der Waals surface area contributed by atoms with Gasteiger partial charge in [0.2, 0.25) is 0 Å². The lowest BCUT2D eigenvalue weighted by molar-refractivity contribution is 0.0943. The number of anilines is 1. The minimum atomic E-state index is -0.0533. The smallest absolute Gasteiger partial charge is 0.263 e. The molecule has 2 aromatic rings. The number of nitrogens with two attached hydrogens (primary N) is 1. The molecule has 94 valence electrons. The molecule has 0 atom stereocenters. The van der Waals surface area contributed by atoms with Gasteiger partial charge in [-0.25, -0.2) is 0 Å². The molecule has 1 amide bonds. The highest BCUT2D eigenvalue weighted by molar-refractivity contribution is 7.21. The summed E-state index contributed by atoms with van der Waals surface area (Å²) in [5.41, 5.74) is 7.24. The highest BCUT2D eigenvalue weighted by Crippen LogP contribution is 2.32. The zero-order valence-electron chi connectivity index (χ0n) is 9.98. The standard InChI is InChI=1S/C13H15N3OS/c14-10-11-9(6-3-7-15-11)18-12(10)13(17)16-8-4-1-2-5-8/h3,6-8H,1-2,4-5,14H2,(H,16,17). The van der Waals surface area contributed by atoms with Gasteiger partial charge in [0.05, 0.1) is 10.4 Å². The molecule has 3 N–H and O–H groups in total. The number of carbonyl (C=O) groups is 1. The monoisotopic (exact) mass is 261 g/mol. The van der Waals surface area contributed by atoms with Crippen LogP contribution in [-0.2, 0) is 0 Å². The van der Waals surface area contributed by atoms with Gasteiger partial charge in [0.15, 0.2) is 0 Å². The summed E-state index contributed by atoms with van der Waals surface area (Å²) in [6.07, 6.45) is 6.26. The maximum absolute atomic E-state index is 12.2. The van der Waals surface area contributed by atoms with Crippen molar-refractivity contribution in [3.63, 3.8) is 0 Å². The number of fused-ring (bicyclic) bond motifs is 1. The first-order chi connectivity index (χ1) is 8.75. The van der Waals surface area contributed by atoms with Crippen LogP contribution in [0.25, 0.3) is 10.2 Å². The third-order valence-corrected chi connectivity index (χ3v) is 4.54. The molecule has 0 unspecified atom stereocenters. The van der Waals surface area contributed by atoms with Crippen LogP contribution in [0.1, 0.15) is 35.4 Å². The van der Waals surface area contributed by atoms with E-state index in [-0.39, 0.29) is 5.91 Å². The summed E-state index contributed by atoms with van der Waals surface area (Å²) in [6, 6.07) is 4.11. The molecule has 3 rings (SSSR count). The highest BCUT2D eigenvalue weighted by Gasteiger charge is 2.21. The van der Waals surface area contributed by atoms with E-state index in [0.29, 0.717) is 16.6 Å². The summed E-state index contributed by atoms with van der Waals surface area (Å²) < 4.78 is 0.964. The zero-order valence-corrected chi connectivity index (χ0v) is 10.8. The number of nitrogen functional groups attached to an aromatic ring is 1. The lowest BCUT2D eigenvalue weighted by atomic mass is 10.2. The Kier molecular flexibility index (Phi) is 2.91. The second-order valence-corrected chi connectivity index (χ2v) is 5.70. The third-order valence-electron chi connectivity index (χ3n) is 3.38. The maximum Gasteiger partial charge on any atom is 0.263 e. The molecule has 0 bridgehead atoms. The predicted octanol–water partition coefficient (Wildman–Crippen LogP) is 2.55. The van der Waals surface area contributed by atoms with Crippen LogP contribution >= 0.6 is 11.3 Å². The molecule has 0 aliphatic heterocycles. The summed E-state index contributed by atoms with van der Waals surface area (Å²) in [5.74, 6) is -0.0533. The van der Waals surface area contributed by atoms with Crippen LogP contribution in [0.2, 0.25) is 0 Å². The van der Waals surface area contributed by atoms with E-state index in [1.54, 1.807) is 6.20 Å². The molecule has 1 aliphatic rings. The van der Waals surface area contributed by atoms with Crippen molar-refractivity contribution in [2.75, 3.05) is 5.73 Å². The fourth-order valence-electron chi connectivity index (χ4n) is 2.44. The summed E-state index contributed by atoms with van der Waals surface area (Å²) in [5, 5.41) is 3.06. The Labute approximate surface area is 109 Å². The molecule has 1 saturated carbocycles. The third kappa shape index (κ3) is 1.95. The van der Waals surface area contributed by atoms with Crippen molar-refractivity contribution >= 4 is 33.1 Å². The Morgan fingerprint density at radius 2 is 2.22 bits per heavy atom. The molecule has 0 spiro atoms. The van der Waals surface area contributed by atoms with Gasteiger partial charge >= 0.3 is 0 Å². The van der Waals surface area contributed by atoms with Crippen LogP contribution in [-0.4, -0.2) is 16.9 Å². The van der Waals surface area contributed by atoms with Gasteiger partial charge in [-0.15, -0.1) is 11.3 Å². The number of hydrogen-bond acceptors (Lipinski definition) is 4. The number of aromatic nitrogens is 1. The van der Waals surface area contributed by atoms with Gasteiger partial charge in [-0.2, -0.15) is 0 Å². The predicted molar refractivity (Wildman–Crippen MR) is 73.8 cm³/mol. The first-order valence-corrected chi connectivity index (χ1v) is 7.01. The molecule has 5 heteroatoms. The Morgan fingerprint density at radius 3 is 2.94 bits per heavy atom. The van der Waals surface area contributed by atoms with E-state index < -0.39 is 0 Å². The van der Waals surface area contributed by atoms with Crippen molar-refractivity contribution < 1.29 is 4.79 Å². The van der Waals surface area contributed by atoms with E-state index in [2.05, 4.69) is 10.3 Å². The Bertz CT molecular complexity index is 587. The van der Waals surface area contributed by atoms with Crippen molar-refractivity contribution in [2.24, 2.45) is 0 Å². The maximum atomic E-state index is 12.2. The average Bonchev–Trinajstić information content (AvgIpc) is 2.98. The number of amides is 1. The number of rotatable bonds is 2. The number of carbonyl (C=O) groups excluding carboxylic acids is 1. The van der Waals surface area contributed by atoms with E-state index in [0.717, 1.165) is 23.1 Å². The second kappa shape index (κ2) is 4.57. The van der Waals surface area contributed by atoms with Crippen LogP contribution < -0.4 is 11.1 Å². The summed E-state index contributed by atoms with van der Waals surface area (Å²) in [6.45, 7) is 0. The SMILES string of the molecule is Nc1c(C(=O)NC2CCCC2)sc2cccnc12. The van der Waals surface area contributed by atoms with Crippen molar-refractivity contribution in [3.05, 3.63) is 23.2 Å². The van der Waals surface area contributed by atoms with Crippen molar-refractivity contribution in [3.8, 4) is 0 Å². The average molecular weight is 261 g/mol. The molecule has 2 heterocycles. The molecule has 4 nitrogen and oxygen atoms in total. The molecular formula is C13H15N3OS. The number of nitrogens with one attached hydrogen (secondary N) is 1. The van der Waals surface area contributed by atoms with Gasteiger partial charge in [0.25, 0.3) is 5.91 Å². The van der Waals surface area contributed by atoms with Gasteiger partial charge in [0.1, 0.15) is 10.4 Å². The van der Waals surface area contributed by atoms with Gasteiger partial charge in [0, 0.05) is 12.2 Å². The topological polar surface area (TPSA) is 68.0 Å². The summed E-state index contributed by atoms with van der Waals surface area (Å²) in [4.78, 5) is 17.0. The molecule has 2 aromatic heterocycles. The summed E-state index contributed by atoms with van der Waals surface area (Å²) in [7, 11) is 0. The van der Waals surface area contributed by atoms with Crippen LogP contribution in [0.3, 0.4) is 0 Å². The second-order valence-electron chi connectivity index (χ2n) is 4.65. The van der Waals surface area contributed by atoms with Gasteiger partial charge < -0.3 is 11.1 Å². The number of pyridine rings is 1. The zero-order chi connectivity index (χ0) is 12.5. The van der Waals surface area contributed by atoms with Crippen molar-refractivity contribution in [2.45, 2.75) is 31.7 Å². The number of nitrogens with zero attached hydrogens (tertiary/aromatic N) is 1. The van der Waals surface area contributed by atoms with Crippen LogP contribution in [0.15, 0.2) is 18.3 Å². The molecule has 0 aromatic carbocycles. The Balaban J connectivity index is 1.88. The molecule has 0 saturated heterocycles. The molecule has 1 aliphatic carbocycles. The van der Waals surface area contributed by atoms with Crippen LogP contribution in [0.4, 0.5) is 5.69 Å². The van der Waals surface area contributed by atoms with Crippen LogP contribution in [0, 0.1) is 0 Å². The largest absolute Gasteiger partial charge is 0.396 e. The molecule has 18 heavy (non-hydrogen) atoms. The Morgan fingerprint density at radius 1 is 1.44 bits per heavy atom. The van der Waals surface area contributed by atoms with Crippen molar-refractivity contribution in [1.29, 1.82) is 0 Å². The fraction of sp³-hybridized carbons (Fsp3) is 0.385. The fourth-order valence-corrected chi connectivity index (χ4v) is 3.42. The summed E-state index contributed by atoms with van der Waals surface area (Å²) >= 11 is 1.42. The van der Waals surface area contributed by atoms with Crippen molar-refractivity contribution in [1.82, 2.24) is 10.3 Å². The highest BCUT2D eigenvalue weighted by atomic mass is 32.1. The van der Waals surface area contributed by atoms with Gasteiger partial charge in [-0.1, -0.05) is 12.8 Å². The Hall–Kier alpha value is -1.62. The first-order valence-electron chi connectivity index (χ1n) is 6.19. The lowest BCUT2D eigenvalue weighted by Crippen LogP contribution is -2.32. The minimum absolute atomic E-state index is 0.0533. The number of thiophene rings is 1. The van der Waals surface area contributed by atoms with Crippen LogP contribution in [0.5, 0.6) is 0 Å². The number of hydrogen-bond donors (Lipinski definition) is 2. The molecule has 0 radical (unpaired) electrons. The van der Waals surface area contributed by atoms with E-state index in [1.807, 2.05) is 12.1 Å². The first kappa shape index (κ1) is 11.5. The van der Waals surface area contributed by atoms with E-state index in [1.165, 1.54) is 24.2 Å². The van der Waals surface area contributed by atoms with E-state index in [4.69, 9.17) is 5.73 Å². The lowest BCUT2D eigenvalue weighted by Gasteiger charge is -2.10. The van der Waals surface area contributed by atoms with Gasteiger partial charge in [-0.05, 0) is 25.0 Å².